The number of amides is 1. The van der Waals surface area contributed by atoms with Crippen molar-refractivity contribution < 1.29 is 9.18 Å². The highest BCUT2D eigenvalue weighted by molar-refractivity contribution is 5.96. The Morgan fingerprint density at radius 2 is 2.00 bits per heavy atom. The lowest BCUT2D eigenvalue weighted by atomic mass is 9.98. The molecule has 1 fully saturated rings. The molecule has 2 heterocycles. The van der Waals surface area contributed by atoms with Gasteiger partial charge >= 0.3 is 0 Å². The molecule has 3 N–H and O–H groups in total. The molecule has 1 saturated carbocycles. The number of aryl methyl sites for hydroxylation is 2. The molecule has 2 aromatic heterocycles. The molecular weight excluding hydrogens is 379 g/mol. The summed E-state index contributed by atoms with van der Waals surface area (Å²) in [5, 5.41) is 3.17. The number of benzene rings is 1. The third kappa shape index (κ3) is 4.39. The van der Waals surface area contributed by atoms with Crippen LogP contribution in [0.1, 0.15) is 51.8 Å². The van der Waals surface area contributed by atoms with Crippen LogP contribution in [0.3, 0.4) is 0 Å². The number of nitrogens with one attached hydrogen (secondary N) is 1. The summed E-state index contributed by atoms with van der Waals surface area (Å²) < 4.78 is 13.4. The number of hydrogen-bond donors (Lipinski definition) is 2. The molecule has 154 valence electrons. The van der Waals surface area contributed by atoms with E-state index in [0.717, 1.165) is 40.8 Å². The van der Waals surface area contributed by atoms with Gasteiger partial charge in [0.15, 0.2) is 0 Å². The lowest BCUT2D eigenvalue weighted by molar-refractivity contribution is 0.0930. The molecule has 4 rings (SSSR count). The number of halogens is 1. The highest BCUT2D eigenvalue weighted by atomic mass is 19.1. The highest BCUT2D eigenvalue weighted by Gasteiger charge is 2.34. The van der Waals surface area contributed by atoms with Crippen LogP contribution in [0, 0.1) is 25.7 Å². The minimum absolute atomic E-state index is 0.114. The predicted octanol–water partition coefficient (Wildman–Crippen LogP) is 4.24. The molecule has 0 spiro atoms. The van der Waals surface area contributed by atoms with E-state index in [1.54, 1.807) is 25.3 Å². The van der Waals surface area contributed by atoms with E-state index in [0.29, 0.717) is 23.7 Å². The zero-order valence-electron chi connectivity index (χ0n) is 17.2. The van der Waals surface area contributed by atoms with E-state index in [1.165, 1.54) is 6.07 Å². The average Bonchev–Trinajstić information content (AvgIpc) is 3.56. The van der Waals surface area contributed by atoms with E-state index >= 15 is 0 Å². The number of carbonyl (C=O) groups excluding carboxylic acids is 1. The Labute approximate surface area is 175 Å². The molecule has 1 atom stereocenters. The smallest absolute Gasteiger partial charge is 0.251 e. The van der Waals surface area contributed by atoms with Gasteiger partial charge in [-0.25, -0.2) is 4.98 Å². The van der Waals surface area contributed by atoms with Crippen LogP contribution in [-0.4, -0.2) is 15.9 Å². The van der Waals surface area contributed by atoms with Gasteiger partial charge in [0.2, 0.25) is 5.95 Å². The molecule has 0 aliphatic heterocycles. The van der Waals surface area contributed by atoms with Crippen LogP contribution in [0.25, 0.3) is 11.1 Å². The van der Waals surface area contributed by atoms with Crippen LogP contribution in [-0.2, 0) is 6.54 Å². The number of rotatable bonds is 6. The third-order valence-electron chi connectivity index (χ3n) is 5.49. The fraction of sp³-hybridized carbons (Fsp3) is 0.292. The van der Waals surface area contributed by atoms with Gasteiger partial charge in [-0.2, -0.15) is 4.39 Å². The Balaban J connectivity index is 1.66. The second kappa shape index (κ2) is 8.32. The molecule has 5 nitrogen and oxygen atoms in total. The zero-order valence-corrected chi connectivity index (χ0v) is 17.2. The molecular formula is C24H25FN4O. The normalized spacial score (nSPS) is 14.4. The molecule has 0 radical (unpaired) electrons. The lowest BCUT2D eigenvalue weighted by Gasteiger charge is -2.19. The second-order valence-corrected chi connectivity index (χ2v) is 7.94. The Bertz CT molecular complexity index is 1090. The summed E-state index contributed by atoms with van der Waals surface area (Å²) in [5.74, 6) is -0.287. The molecule has 6 heteroatoms. The van der Waals surface area contributed by atoms with Crippen LogP contribution >= 0.6 is 0 Å². The van der Waals surface area contributed by atoms with Crippen LogP contribution < -0.4 is 11.1 Å². The van der Waals surface area contributed by atoms with Crippen molar-refractivity contribution in [1.82, 2.24) is 15.3 Å². The SMILES string of the molecule is Cc1ccnc(C(NC(=O)c2cc(CN)cc(-c3ccc(F)nc3C)c2)C2CC2)c1. The predicted molar refractivity (Wildman–Crippen MR) is 114 cm³/mol. The first kappa shape index (κ1) is 20.2. The van der Waals surface area contributed by atoms with Crippen molar-refractivity contribution in [1.29, 1.82) is 0 Å². The summed E-state index contributed by atoms with van der Waals surface area (Å²) in [6.45, 7) is 4.07. The summed E-state index contributed by atoms with van der Waals surface area (Å²) in [6, 6.07) is 12.4. The van der Waals surface area contributed by atoms with Crippen molar-refractivity contribution >= 4 is 5.91 Å². The number of hydrogen-bond acceptors (Lipinski definition) is 4. The van der Waals surface area contributed by atoms with Gasteiger partial charge in [-0.15, -0.1) is 0 Å². The van der Waals surface area contributed by atoms with Crippen LogP contribution in [0.15, 0.2) is 48.7 Å². The van der Waals surface area contributed by atoms with Crippen molar-refractivity contribution in [2.45, 2.75) is 39.3 Å². The van der Waals surface area contributed by atoms with Crippen molar-refractivity contribution in [3.8, 4) is 11.1 Å². The van der Waals surface area contributed by atoms with Crippen molar-refractivity contribution in [2.24, 2.45) is 11.7 Å². The Kier molecular flexibility index (Phi) is 5.59. The summed E-state index contributed by atoms with van der Waals surface area (Å²) >= 11 is 0. The maximum atomic E-state index is 13.4. The number of nitrogens with two attached hydrogens (primary N) is 1. The maximum Gasteiger partial charge on any atom is 0.251 e. The summed E-state index contributed by atoms with van der Waals surface area (Å²) in [7, 11) is 0. The topological polar surface area (TPSA) is 80.9 Å². The molecule has 0 bridgehead atoms. The van der Waals surface area contributed by atoms with Gasteiger partial charge in [-0.05, 0) is 91.8 Å². The van der Waals surface area contributed by atoms with E-state index in [2.05, 4.69) is 15.3 Å². The summed E-state index contributed by atoms with van der Waals surface area (Å²) in [4.78, 5) is 21.6. The molecule has 30 heavy (non-hydrogen) atoms. The fourth-order valence-corrected chi connectivity index (χ4v) is 3.75. The minimum atomic E-state index is -0.526. The van der Waals surface area contributed by atoms with Crippen molar-refractivity contribution in [3.05, 3.63) is 82.7 Å². The number of nitrogens with zero attached hydrogens (tertiary/aromatic N) is 2. The van der Waals surface area contributed by atoms with E-state index in [-0.39, 0.29) is 11.9 Å². The Morgan fingerprint density at radius 3 is 2.67 bits per heavy atom. The molecule has 1 aliphatic rings. The standard InChI is InChI=1S/C24H25FN4O/c1-14-7-8-27-21(9-14)23(17-3-4-17)29-24(30)19-11-16(13-26)10-18(12-19)20-5-6-22(25)28-15(20)2/h5-12,17,23H,3-4,13,26H2,1-2H3,(H,29,30). The molecule has 0 saturated heterocycles. The average molecular weight is 404 g/mol. The molecule has 3 aromatic rings. The van der Waals surface area contributed by atoms with Gasteiger partial charge in [0.1, 0.15) is 0 Å². The molecule has 1 aromatic carbocycles. The second-order valence-electron chi connectivity index (χ2n) is 7.94. The molecule has 1 amide bonds. The zero-order chi connectivity index (χ0) is 21.3. The Morgan fingerprint density at radius 1 is 1.20 bits per heavy atom. The molecule has 1 unspecified atom stereocenters. The van der Waals surface area contributed by atoms with Gasteiger partial charge in [0.25, 0.3) is 5.91 Å². The van der Waals surface area contributed by atoms with E-state index < -0.39 is 5.95 Å². The number of carbonyl (C=O) groups is 1. The highest BCUT2D eigenvalue weighted by Crippen LogP contribution is 2.40. The van der Waals surface area contributed by atoms with Crippen LogP contribution in [0.4, 0.5) is 4.39 Å². The van der Waals surface area contributed by atoms with Gasteiger partial charge < -0.3 is 11.1 Å². The number of pyridine rings is 2. The first-order valence-corrected chi connectivity index (χ1v) is 10.2. The first-order chi connectivity index (χ1) is 14.4. The molecule has 1 aliphatic carbocycles. The summed E-state index contributed by atoms with van der Waals surface area (Å²) in [6.07, 6.45) is 3.94. The third-order valence-corrected chi connectivity index (χ3v) is 5.49. The quantitative estimate of drug-likeness (QED) is 0.602. The monoisotopic (exact) mass is 404 g/mol. The van der Waals surface area contributed by atoms with Gasteiger partial charge in [-0.3, -0.25) is 9.78 Å². The van der Waals surface area contributed by atoms with E-state index in [9.17, 15) is 9.18 Å². The Hall–Kier alpha value is -3.12. The summed E-state index contributed by atoms with van der Waals surface area (Å²) in [5.41, 5.74) is 11.4. The van der Waals surface area contributed by atoms with Crippen LogP contribution in [0.2, 0.25) is 0 Å². The maximum absolute atomic E-state index is 13.4. The van der Waals surface area contributed by atoms with Gasteiger partial charge in [0, 0.05) is 29.6 Å². The minimum Gasteiger partial charge on any atom is -0.343 e. The van der Waals surface area contributed by atoms with E-state index in [4.69, 9.17) is 5.73 Å². The number of aromatic nitrogens is 2. The van der Waals surface area contributed by atoms with Crippen molar-refractivity contribution in [2.75, 3.05) is 0 Å². The lowest BCUT2D eigenvalue weighted by Crippen LogP contribution is -2.30. The van der Waals surface area contributed by atoms with Gasteiger partial charge in [0.05, 0.1) is 11.7 Å². The van der Waals surface area contributed by atoms with Crippen molar-refractivity contribution in [3.63, 3.8) is 0 Å². The largest absolute Gasteiger partial charge is 0.343 e. The van der Waals surface area contributed by atoms with Crippen LogP contribution in [0.5, 0.6) is 0 Å². The first-order valence-electron chi connectivity index (χ1n) is 10.2. The fourth-order valence-electron chi connectivity index (χ4n) is 3.75. The van der Waals surface area contributed by atoms with E-state index in [1.807, 2.05) is 31.2 Å². The van der Waals surface area contributed by atoms with Gasteiger partial charge in [-0.1, -0.05) is 0 Å².